The maximum Gasteiger partial charge on any atom is 0.326 e. The number of benzene rings is 2. The molecule has 1 N–H and O–H groups in total. The van der Waals surface area contributed by atoms with Crippen molar-refractivity contribution in [3.8, 4) is 6.07 Å². The number of hydrogen-bond donors (Lipinski definition) is 1. The van der Waals surface area contributed by atoms with Crippen LogP contribution in [0.25, 0.3) is 0 Å². The highest BCUT2D eigenvalue weighted by Gasteiger charge is 2.15. The quantitative estimate of drug-likeness (QED) is 0.925. The average Bonchev–Trinajstić information content (AvgIpc) is 2.48. The van der Waals surface area contributed by atoms with Gasteiger partial charge in [-0.1, -0.05) is 24.3 Å². The predicted molar refractivity (Wildman–Crippen MR) is 84.4 cm³/mol. The maximum absolute atomic E-state index is 12.4. The fourth-order valence-corrected chi connectivity index (χ4v) is 2.11. The molecule has 2 amide bonds. The zero-order valence-electron chi connectivity index (χ0n) is 12.1. The van der Waals surface area contributed by atoms with Gasteiger partial charge < -0.3 is 5.32 Å². The highest BCUT2D eigenvalue weighted by Crippen LogP contribution is 2.19. The molecule has 4 nitrogen and oxygen atoms in total. The summed E-state index contributed by atoms with van der Waals surface area (Å²) in [6.45, 7) is 4.45. The van der Waals surface area contributed by atoms with Gasteiger partial charge >= 0.3 is 6.03 Å². The third-order valence-electron chi connectivity index (χ3n) is 3.16. The van der Waals surface area contributed by atoms with Crippen LogP contribution in [-0.2, 0) is 0 Å². The highest BCUT2D eigenvalue weighted by molar-refractivity contribution is 6.02. The third-order valence-corrected chi connectivity index (χ3v) is 3.16. The van der Waals surface area contributed by atoms with Gasteiger partial charge in [-0.15, -0.1) is 0 Å². The Morgan fingerprint density at radius 1 is 1.24 bits per heavy atom. The van der Waals surface area contributed by atoms with Crippen LogP contribution in [-0.4, -0.2) is 12.6 Å². The molecule has 0 saturated carbocycles. The second-order valence-corrected chi connectivity index (χ2v) is 4.67. The van der Waals surface area contributed by atoms with E-state index in [0.29, 0.717) is 17.8 Å². The molecule has 0 bridgehead atoms. The van der Waals surface area contributed by atoms with Crippen molar-refractivity contribution in [2.75, 3.05) is 16.8 Å². The van der Waals surface area contributed by atoms with Crippen LogP contribution in [0.2, 0.25) is 0 Å². The molecule has 0 spiro atoms. The summed E-state index contributed by atoms with van der Waals surface area (Å²) in [7, 11) is 0. The number of aryl methyl sites for hydroxylation is 1. The minimum atomic E-state index is -0.245. The summed E-state index contributed by atoms with van der Waals surface area (Å²) in [5.74, 6) is 0. The summed E-state index contributed by atoms with van der Waals surface area (Å²) in [4.78, 5) is 14.1. The summed E-state index contributed by atoms with van der Waals surface area (Å²) in [6, 6.07) is 16.6. The van der Waals surface area contributed by atoms with E-state index in [4.69, 9.17) is 5.26 Å². The summed E-state index contributed by atoms with van der Waals surface area (Å²) in [6.07, 6.45) is 0. The van der Waals surface area contributed by atoms with E-state index in [1.54, 1.807) is 29.2 Å². The van der Waals surface area contributed by atoms with Crippen LogP contribution >= 0.6 is 0 Å². The number of urea groups is 1. The molecule has 0 heterocycles. The predicted octanol–water partition coefficient (Wildman–Crippen LogP) is 3.93. The van der Waals surface area contributed by atoms with Crippen LogP contribution in [0.4, 0.5) is 16.2 Å². The summed E-state index contributed by atoms with van der Waals surface area (Å²) < 4.78 is 0. The number of rotatable bonds is 3. The number of nitrogens with zero attached hydrogens (tertiary/aromatic N) is 2. The molecule has 0 fully saturated rings. The number of carbonyl (C=O) groups excluding carboxylic acids is 1. The molecule has 21 heavy (non-hydrogen) atoms. The first kappa shape index (κ1) is 14.6. The first-order chi connectivity index (χ1) is 10.2. The van der Waals surface area contributed by atoms with Crippen molar-refractivity contribution in [1.29, 1.82) is 5.26 Å². The monoisotopic (exact) mass is 279 g/mol. The molecule has 2 aromatic carbocycles. The molecule has 0 atom stereocenters. The lowest BCUT2D eigenvalue weighted by Crippen LogP contribution is -2.35. The molecule has 0 unspecified atom stereocenters. The molecule has 0 aliphatic heterocycles. The summed E-state index contributed by atoms with van der Waals surface area (Å²) in [5, 5.41) is 11.9. The molecule has 0 radical (unpaired) electrons. The van der Waals surface area contributed by atoms with Crippen molar-refractivity contribution in [2.45, 2.75) is 13.8 Å². The number of nitriles is 1. The van der Waals surface area contributed by atoms with Gasteiger partial charge in [-0.05, 0) is 43.7 Å². The zero-order valence-corrected chi connectivity index (χ0v) is 12.1. The van der Waals surface area contributed by atoms with E-state index in [0.717, 1.165) is 11.3 Å². The lowest BCUT2D eigenvalue weighted by molar-refractivity contribution is 0.257. The number of amides is 2. The standard InChI is InChI=1S/C17H17N3O/c1-3-20(15-9-6-7-13(2)11-15)17(21)19-16-10-5-4-8-14(16)12-18/h4-11H,3H2,1-2H3,(H,19,21). The Labute approximate surface area is 124 Å². The first-order valence-electron chi connectivity index (χ1n) is 6.80. The Morgan fingerprint density at radius 2 is 2.00 bits per heavy atom. The maximum atomic E-state index is 12.4. The molecule has 106 valence electrons. The van der Waals surface area contributed by atoms with Crippen molar-refractivity contribution in [3.63, 3.8) is 0 Å². The van der Waals surface area contributed by atoms with Gasteiger partial charge in [0.1, 0.15) is 6.07 Å². The van der Waals surface area contributed by atoms with Crippen molar-refractivity contribution >= 4 is 17.4 Å². The summed E-state index contributed by atoms with van der Waals surface area (Å²) >= 11 is 0. The Bertz CT molecular complexity index is 688. The van der Waals surface area contributed by atoms with E-state index in [1.807, 2.05) is 38.1 Å². The second-order valence-electron chi connectivity index (χ2n) is 4.67. The van der Waals surface area contributed by atoms with Crippen molar-refractivity contribution in [2.24, 2.45) is 0 Å². The van der Waals surface area contributed by atoms with E-state index < -0.39 is 0 Å². The lowest BCUT2D eigenvalue weighted by atomic mass is 10.2. The number of anilines is 2. The normalized spacial score (nSPS) is 9.76. The topological polar surface area (TPSA) is 56.1 Å². The van der Waals surface area contributed by atoms with Gasteiger partial charge in [0.25, 0.3) is 0 Å². The van der Waals surface area contributed by atoms with Gasteiger partial charge in [0.15, 0.2) is 0 Å². The fourth-order valence-electron chi connectivity index (χ4n) is 2.11. The van der Waals surface area contributed by atoms with Crippen LogP contribution in [0.5, 0.6) is 0 Å². The fraction of sp³-hybridized carbons (Fsp3) is 0.176. The minimum absolute atomic E-state index is 0.245. The van der Waals surface area contributed by atoms with E-state index in [-0.39, 0.29) is 6.03 Å². The molecule has 2 aromatic rings. The number of para-hydroxylation sites is 1. The van der Waals surface area contributed by atoms with Gasteiger partial charge in [-0.25, -0.2) is 4.79 Å². The smallest absolute Gasteiger partial charge is 0.306 e. The first-order valence-corrected chi connectivity index (χ1v) is 6.80. The molecular weight excluding hydrogens is 262 g/mol. The molecule has 0 aliphatic carbocycles. The molecule has 2 rings (SSSR count). The summed E-state index contributed by atoms with van der Waals surface area (Å²) in [5.41, 5.74) is 2.91. The Kier molecular flexibility index (Phi) is 4.57. The van der Waals surface area contributed by atoms with Gasteiger partial charge in [0.05, 0.1) is 11.3 Å². The van der Waals surface area contributed by atoms with Crippen LogP contribution in [0.3, 0.4) is 0 Å². The van der Waals surface area contributed by atoms with Crippen molar-refractivity contribution < 1.29 is 4.79 Å². The van der Waals surface area contributed by atoms with Gasteiger partial charge in [-0.3, -0.25) is 4.90 Å². The second kappa shape index (κ2) is 6.58. The number of hydrogen-bond acceptors (Lipinski definition) is 2. The van der Waals surface area contributed by atoms with Crippen LogP contribution in [0.15, 0.2) is 48.5 Å². The molecule has 0 aromatic heterocycles. The Balaban J connectivity index is 2.24. The van der Waals surface area contributed by atoms with Gasteiger partial charge in [-0.2, -0.15) is 5.26 Å². The number of carbonyl (C=O) groups is 1. The highest BCUT2D eigenvalue weighted by atomic mass is 16.2. The molecule has 4 heteroatoms. The Morgan fingerprint density at radius 3 is 2.67 bits per heavy atom. The lowest BCUT2D eigenvalue weighted by Gasteiger charge is -2.22. The SMILES string of the molecule is CCN(C(=O)Nc1ccccc1C#N)c1cccc(C)c1. The average molecular weight is 279 g/mol. The van der Waals surface area contributed by atoms with Crippen LogP contribution in [0, 0.1) is 18.3 Å². The number of nitrogens with one attached hydrogen (secondary N) is 1. The van der Waals surface area contributed by atoms with E-state index in [2.05, 4.69) is 11.4 Å². The van der Waals surface area contributed by atoms with Crippen molar-refractivity contribution in [1.82, 2.24) is 0 Å². The molecule has 0 aliphatic rings. The minimum Gasteiger partial charge on any atom is -0.306 e. The third kappa shape index (κ3) is 3.40. The van der Waals surface area contributed by atoms with Crippen LogP contribution in [0.1, 0.15) is 18.1 Å². The van der Waals surface area contributed by atoms with Gasteiger partial charge in [0.2, 0.25) is 0 Å². The van der Waals surface area contributed by atoms with Gasteiger partial charge in [0, 0.05) is 12.2 Å². The zero-order chi connectivity index (χ0) is 15.2. The van der Waals surface area contributed by atoms with E-state index in [9.17, 15) is 4.79 Å². The Hall–Kier alpha value is -2.80. The van der Waals surface area contributed by atoms with Crippen LogP contribution < -0.4 is 10.2 Å². The molecule has 0 saturated heterocycles. The largest absolute Gasteiger partial charge is 0.326 e. The van der Waals surface area contributed by atoms with Crippen molar-refractivity contribution in [3.05, 3.63) is 59.7 Å². The van der Waals surface area contributed by atoms with E-state index >= 15 is 0 Å². The van der Waals surface area contributed by atoms with E-state index in [1.165, 1.54) is 0 Å². The molecular formula is C17H17N3O.